The lowest BCUT2D eigenvalue weighted by molar-refractivity contribution is -0.144. The molecule has 3 fully saturated rings. The van der Waals surface area contributed by atoms with Gasteiger partial charge in [0.1, 0.15) is 17.4 Å². The summed E-state index contributed by atoms with van der Waals surface area (Å²) in [7, 11) is 0. The Morgan fingerprint density at radius 2 is 1.59 bits per heavy atom. The van der Waals surface area contributed by atoms with Crippen LogP contribution in [0, 0.1) is 6.92 Å². The summed E-state index contributed by atoms with van der Waals surface area (Å²) in [6, 6.07) is 14.3. The molecule has 2 aromatic heterocycles. The second-order valence-corrected chi connectivity index (χ2v) is 15.8. The number of amides is 2. The zero-order valence-electron chi connectivity index (χ0n) is 30.4. The number of likely N-dealkylation sites (tertiary alicyclic amines) is 1. The van der Waals surface area contributed by atoms with E-state index in [9.17, 15) is 24.6 Å². The summed E-state index contributed by atoms with van der Waals surface area (Å²) in [5.41, 5.74) is 7.68. The summed E-state index contributed by atoms with van der Waals surface area (Å²) in [5.74, 6) is -1.12. The maximum atomic E-state index is 13.6. The molecular formula is C42H45ClN6O5. The summed E-state index contributed by atoms with van der Waals surface area (Å²) < 4.78 is 0. The molecule has 0 radical (unpaired) electrons. The Morgan fingerprint density at radius 3 is 2.33 bits per heavy atom. The molecule has 2 aliphatic carbocycles. The molecule has 2 aliphatic heterocycles. The molecule has 4 heterocycles. The number of halogens is 1. The molecule has 280 valence electrons. The summed E-state index contributed by atoms with van der Waals surface area (Å²) in [5, 5.41) is 26.5. The number of carbonyl (C=O) groups is 3. The Bertz CT molecular complexity index is 2130. The highest BCUT2D eigenvalue weighted by Crippen LogP contribution is 2.43. The van der Waals surface area contributed by atoms with E-state index in [1.165, 1.54) is 0 Å². The van der Waals surface area contributed by atoms with Crippen molar-refractivity contribution < 1.29 is 24.6 Å². The van der Waals surface area contributed by atoms with E-state index in [0.717, 1.165) is 91.4 Å². The van der Waals surface area contributed by atoms with Crippen molar-refractivity contribution in [3.8, 4) is 11.1 Å². The average Bonchev–Trinajstić information content (AvgIpc) is 4.12. The van der Waals surface area contributed by atoms with Crippen LogP contribution in [-0.2, 0) is 24.3 Å². The van der Waals surface area contributed by atoms with Gasteiger partial charge in [-0.15, -0.1) is 0 Å². The number of pyridine rings is 2. The van der Waals surface area contributed by atoms with E-state index in [1.807, 2.05) is 54.3 Å². The quantitative estimate of drug-likeness (QED) is 0.130. The molecular weight excluding hydrogens is 704 g/mol. The highest BCUT2D eigenvalue weighted by molar-refractivity contribution is 6.36. The van der Waals surface area contributed by atoms with E-state index in [1.54, 1.807) is 18.5 Å². The zero-order chi connectivity index (χ0) is 37.6. The van der Waals surface area contributed by atoms with Gasteiger partial charge in [0.2, 0.25) is 0 Å². The van der Waals surface area contributed by atoms with Gasteiger partial charge in [-0.1, -0.05) is 42.3 Å². The van der Waals surface area contributed by atoms with Crippen LogP contribution >= 0.6 is 11.6 Å². The predicted octanol–water partition coefficient (Wildman–Crippen LogP) is 6.81. The van der Waals surface area contributed by atoms with Crippen molar-refractivity contribution in [1.82, 2.24) is 19.8 Å². The number of rotatable bonds is 11. The van der Waals surface area contributed by atoms with Gasteiger partial charge in [-0.3, -0.25) is 34.2 Å². The van der Waals surface area contributed by atoms with Crippen LogP contribution in [0.3, 0.4) is 0 Å². The van der Waals surface area contributed by atoms with E-state index in [2.05, 4.69) is 25.5 Å². The molecule has 8 rings (SSSR count). The monoisotopic (exact) mass is 748 g/mol. The number of carboxylic acid groups (broad SMARTS) is 1. The van der Waals surface area contributed by atoms with Crippen molar-refractivity contribution in [2.24, 2.45) is 0 Å². The van der Waals surface area contributed by atoms with E-state index in [4.69, 9.17) is 11.6 Å². The van der Waals surface area contributed by atoms with E-state index >= 15 is 0 Å². The van der Waals surface area contributed by atoms with Crippen LogP contribution in [0.1, 0.15) is 99.7 Å². The number of fused-ring (bicyclic) bond motifs is 1. The van der Waals surface area contributed by atoms with Gasteiger partial charge in [-0.05, 0) is 122 Å². The fraction of sp³-hybridized carbons (Fsp3) is 0.405. The molecule has 54 heavy (non-hydrogen) atoms. The molecule has 2 aromatic carbocycles. The standard InChI is InChI=1S/C42H45ClN6O5/c1-25-30(31-7-5-9-34(38(31)43)47-39(50)35-18-27-13-17-48(22-28(27)20-44-35)24-42(54)14-15-42)6-4-8-33(25)46-40(51)36-19-32(26-11-12-26)29(21-45-36)23-49-16-3-2-10-37(49)41(52)53/h4-9,18-21,26,37,54H,2-3,10-17,22-24H2,1H3,(H,46,51)(H,47,50)(H,52,53). The maximum Gasteiger partial charge on any atom is 0.320 e. The van der Waals surface area contributed by atoms with Crippen LogP contribution in [0.4, 0.5) is 11.4 Å². The third kappa shape index (κ3) is 7.77. The SMILES string of the molecule is Cc1c(NC(=O)c2cc(C3CC3)c(CN3CCCCC3C(=O)O)cn2)cccc1-c1cccc(NC(=O)c2cc3c(cn2)CN(CC2(O)CC2)CC3)c1Cl. The van der Waals surface area contributed by atoms with Crippen LogP contribution < -0.4 is 10.6 Å². The molecule has 4 aromatic rings. The predicted molar refractivity (Wildman–Crippen MR) is 207 cm³/mol. The summed E-state index contributed by atoms with van der Waals surface area (Å²) in [6.45, 7) is 5.36. The van der Waals surface area contributed by atoms with Crippen molar-refractivity contribution in [3.63, 3.8) is 0 Å². The third-order valence-electron chi connectivity index (χ3n) is 11.4. The van der Waals surface area contributed by atoms with Crippen LogP contribution in [0.5, 0.6) is 0 Å². The van der Waals surface area contributed by atoms with E-state index in [-0.39, 0.29) is 11.8 Å². The van der Waals surface area contributed by atoms with E-state index in [0.29, 0.717) is 65.3 Å². The number of hydrogen-bond acceptors (Lipinski definition) is 8. The Morgan fingerprint density at radius 1 is 0.889 bits per heavy atom. The number of benzene rings is 2. The van der Waals surface area contributed by atoms with Crippen molar-refractivity contribution in [2.45, 2.75) is 88.9 Å². The minimum absolute atomic E-state index is 0.312. The Balaban J connectivity index is 0.962. The Hall–Kier alpha value is -4.68. The first-order chi connectivity index (χ1) is 26.0. The van der Waals surface area contributed by atoms with Gasteiger partial charge in [0.05, 0.1) is 16.3 Å². The number of carbonyl (C=O) groups excluding carboxylic acids is 2. The highest BCUT2D eigenvalue weighted by atomic mass is 35.5. The van der Waals surface area contributed by atoms with Gasteiger partial charge in [-0.25, -0.2) is 0 Å². The molecule has 4 N–H and O–H groups in total. The first-order valence-corrected chi connectivity index (χ1v) is 19.3. The molecule has 1 saturated heterocycles. The van der Waals surface area contributed by atoms with Crippen LogP contribution in [0.15, 0.2) is 60.9 Å². The molecule has 1 atom stereocenters. The van der Waals surface area contributed by atoms with Crippen molar-refractivity contribution in [3.05, 3.63) is 105 Å². The van der Waals surface area contributed by atoms with Crippen molar-refractivity contribution in [1.29, 1.82) is 0 Å². The van der Waals surface area contributed by atoms with Crippen molar-refractivity contribution in [2.75, 3.05) is 30.3 Å². The summed E-state index contributed by atoms with van der Waals surface area (Å²) in [6.07, 6.45) is 10.6. The second-order valence-electron chi connectivity index (χ2n) is 15.4. The number of hydrogen-bond donors (Lipinski definition) is 4. The van der Waals surface area contributed by atoms with Crippen LogP contribution in [-0.4, -0.2) is 79.0 Å². The number of carboxylic acids is 1. The molecule has 2 amide bonds. The number of piperidine rings is 1. The lowest BCUT2D eigenvalue weighted by atomic mass is 9.98. The third-order valence-corrected chi connectivity index (χ3v) is 11.8. The first-order valence-electron chi connectivity index (χ1n) is 18.9. The highest BCUT2D eigenvalue weighted by Gasteiger charge is 2.42. The number of aromatic nitrogens is 2. The zero-order valence-corrected chi connectivity index (χ0v) is 31.2. The van der Waals surface area contributed by atoms with Gasteiger partial charge >= 0.3 is 5.97 Å². The minimum Gasteiger partial charge on any atom is -0.480 e. The number of nitrogens with one attached hydrogen (secondary N) is 2. The van der Waals surface area contributed by atoms with Gasteiger partial charge < -0.3 is 20.8 Å². The first kappa shape index (κ1) is 36.3. The van der Waals surface area contributed by atoms with E-state index < -0.39 is 17.6 Å². The number of β-amino-alcohol motifs (C(OH)–C–C–N with tert-alkyl or cyclic N) is 1. The molecule has 0 bridgehead atoms. The van der Waals surface area contributed by atoms with Gasteiger partial charge in [0.25, 0.3) is 11.8 Å². The molecule has 1 unspecified atom stereocenters. The fourth-order valence-electron chi connectivity index (χ4n) is 7.96. The number of aliphatic carboxylic acids is 1. The van der Waals surface area contributed by atoms with Gasteiger partial charge in [-0.2, -0.15) is 0 Å². The van der Waals surface area contributed by atoms with Gasteiger partial charge in [0, 0.05) is 49.8 Å². The lowest BCUT2D eigenvalue weighted by Crippen LogP contribution is -2.44. The topological polar surface area (TPSA) is 148 Å². The summed E-state index contributed by atoms with van der Waals surface area (Å²) >= 11 is 6.96. The number of nitrogens with zero attached hydrogens (tertiary/aromatic N) is 4. The fourth-order valence-corrected chi connectivity index (χ4v) is 8.23. The Kier molecular flexibility index (Phi) is 9.99. The minimum atomic E-state index is -0.788. The summed E-state index contributed by atoms with van der Waals surface area (Å²) in [4.78, 5) is 52.3. The maximum absolute atomic E-state index is 13.6. The molecule has 12 heteroatoms. The van der Waals surface area contributed by atoms with Crippen LogP contribution in [0.2, 0.25) is 5.02 Å². The normalized spacial score (nSPS) is 19.5. The molecule has 4 aliphatic rings. The number of anilines is 2. The van der Waals surface area contributed by atoms with Crippen molar-refractivity contribution >= 4 is 40.8 Å². The lowest BCUT2D eigenvalue weighted by Gasteiger charge is -2.33. The molecule has 0 spiro atoms. The largest absolute Gasteiger partial charge is 0.480 e. The average molecular weight is 749 g/mol. The molecule has 2 saturated carbocycles. The molecule has 11 nitrogen and oxygen atoms in total. The second kappa shape index (κ2) is 14.9. The number of aliphatic hydroxyl groups is 1. The van der Waals surface area contributed by atoms with Gasteiger partial charge in [0.15, 0.2) is 0 Å². The van der Waals surface area contributed by atoms with Crippen LogP contribution in [0.25, 0.3) is 11.1 Å². The Labute approximate surface area is 319 Å². The smallest absolute Gasteiger partial charge is 0.320 e.